The number of rotatable bonds is 4. The van der Waals surface area contributed by atoms with Crippen LogP contribution in [0, 0.1) is 0 Å². The van der Waals surface area contributed by atoms with Crippen LogP contribution in [0.15, 0.2) is 46.9 Å². The molecule has 0 aromatic heterocycles. The average molecular weight is 332 g/mol. The highest BCUT2D eigenvalue weighted by Crippen LogP contribution is 2.36. The molecule has 3 rings (SSSR count). The van der Waals surface area contributed by atoms with Crippen molar-refractivity contribution in [1.29, 1.82) is 0 Å². The second-order valence-electron chi connectivity index (χ2n) is 5.17. The molecule has 104 valence electrons. The van der Waals surface area contributed by atoms with Gasteiger partial charge in [0.05, 0.1) is 12.6 Å². The fraction of sp³-hybridized carbons (Fsp3) is 0.294. The molecular weight excluding hydrogens is 314 g/mol. The number of fused-ring (bicyclic) bond motifs is 1. The van der Waals surface area contributed by atoms with Crippen molar-refractivity contribution in [3.63, 3.8) is 0 Å². The number of ether oxygens (including phenoxy) is 1. The van der Waals surface area contributed by atoms with E-state index < -0.39 is 0 Å². The van der Waals surface area contributed by atoms with E-state index in [1.54, 1.807) is 7.11 Å². The highest BCUT2D eigenvalue weighted by molar-refractivity contribution is 9.10. The Morgan fingerprint density at radius 1 is 1.25 bits per heavy atom. The third-order valence-electron chi connectivity index (χ3n) is 3.83. The summed E-state index contributed by atoms with van der Waals surface area (Å²) in [5.41, 5.74) is 5.25. The lowest BCUT2D eigenvalue weighted by Gasteiger charge is -2.18. The summed E-state index contributed by atoms with van der Waals surface area (Å²) in [5, 5.41) is 3.67. The standard InChI is InChI=1S/C17H18BrNO/c1-20-11-13-4-2-3-5-16(13)19-17-9-6-12-10-14(18)7-8-15(12)17/h2-5,7-8,10,17,19H,6,9,11H2,1H3. The van der Waals surface area contributed by atoms with E-state index >= 15 is 0 Å². The maximum Gasteiger partial charge on any atom is 0.0733 e. The topological polar surface area (TPSA) is 21.3 Å². The molecule has 0 saturated heterocycles. The maximum atomic E-state index is 5.27. The van der Waals surface area contributed by atoms with Crippen molar-refractivity contribution in [1.82, 2.24) is 0 Å². The zero-order valence-electron chi connectivity index (χ0n) is 11.5. The highest BCUT2D eigenvalue weighted by Gasteiger charge is 2.22. The zero-order chi connectivity index (χ0) is 13.9. The fourth-order valence-corrected chi connectivity index (χ4v) is 3.27. The Kier molecular flexibility index (Phi) is 4.08. The van der Waals surface area contributed by atoms with Crippen molar-refractivity contribution < 1.29 is 4.74 Å². The number of aryl methyl sites for hydroxylation is 1. The molecule has 1 N–H and O–H groups in total. The van der Waals surface area contributed by atoms with Gasteiger partial charge in [0.15, 0.2) is 0 Å². The van der Waals surface area contributed by atoms with Crippen molar-refractivity contribution in [3.05, 3.63) is 63.6 Å². The van der Waals surface area contributed by atoms with E-state index in [2.05, 4.69) is 63.7 Å². The average Bonchev–Trinajstić information content (AvgIpc) is 2.83. The van der Waals surface area contributed by atoms with Crippen molar-refractivity contribution in [3.8, 4) is 0 Å². The number of hydrogen-bond acceptors (Lipinski definition) is 2. The van der Waals surface area contributed by atoms with Crippen molar-refractivity contribution in [2.45, 2.75) is 25.5 Å². The predicted molar refractivity (Wildman–Crippen MR) is 86.0 cm³/mol. The normalized spacial score (nSPS) is 17.0. The van der Waals surface area contributed by atoms with Gasteiger partial charge in [-0.3, -0.25) is 0 Å². The Balaban J connectivity index is 1.84. The molecule has 3 heteroatoms. The Morgan fingerprint density at radius 2 is 2.10 bits per heavy atom. The van der Waals surface area contributed by atoms with Gasteiger partial charge < -0.3 is 10.1 Å². The number of nitrogens with one attached hydrogen (secondary N) is 1. The number of para-hydroxylation sites is 1. The first-order valence-electron chi connectivity index (χ1n) is 6.89. The number of benzene rings is 2. The summed E-state index contributed by atoms with van der Waals surface area (Å²) in [7, 11) is 1.74. The minimum Gasteiger partial charge on any atom is -0.380 e. The van der Waals surface area contributed by atoms with Crippen LogP contribution < -0.4 is 5.32 Å². The Morgan fingerprint density at radius 3 is 2.95 bits per heavy atom. The number of hydrogen-bond donors (Lipinski definition) is 1. The van der Waals surface area contributed by atoms with Gasteiger partial charge in [0.2, 0.25) is 0 Å². The van der Waals surface area contributed by atoms with E-state index in [0.29, 0.717) is 12.6 Å². The molecule has 1 unspecified atom stereocenters. The molecule has 0 aliphatic heterocycles. The lowest BCUT2D eigenvalue weighted by molar-refractivity contribution is 0.185. The minimum absolute atomic E-state index is 0.399. The molecule has 0 amide bonds. The first kappa shape index (κ1) is 13.7. The summed E-state index contributed by atoms with van der Waals surface area (Å²) in [6.07, 6.45) is 2.28. The number of methoxy groups -OCH3 is 1. The molecule has 2 nitrogen and oxygen atoms in total. The molecule has 2 aromatic carbocycles. The van der Waals surface area contributed by atoms with Crippen molar-refractivity contribution >= 4 is 21.6 Å². The molecule has 20 heavy (non-hydrogen) atoms. The summed E-state index contributed by atoms with van der Waals surface area (Å²) in [4.78, 5) is 0. The zero-order valence-corrected chi connectivity index (χ0v) is 13.1. The number of halogens is 1. The molecule has 1 aliphatic carbocycles. The van der Waals surface area contributed by atoms with Crippen LogP contribution in [0.3, 0.4) is 0 Å². The van der Waals surface area contributed by atoms with Crippen LogP contribution in [0.1, 0.15) is 29.2 Å². The summed E-state index contributed by atoms with van der Waals surface area (Å²) in [6.45, 7) is 0.642. The smallest absolute Gasteiger partial charge is 0.0733 e. The van der Waals surface area contributed by atoms with Crippen LogP contribution in [-0.2, 0) is 17.8 Å². The van der Waals surface area contributed by atoms with E-state index in [1.807, 2.05) is 0 Å². The van der Waals surface area contributed by atoms with Gasteiger partial charge in [-0.05, 0) is 42.2 Å². The molecule has 0 saturated carbocycles. The van der Waals surface area contributed by atoms with Gasteiger partial charge in [-0.25, -0.2) is 0 Å². The first-order valence-corrected chi connectivity index (χ1v) is 7.69. The van der Waals surface area contributed by atoms with E-state index in [1.165, 1.54) is 22.4 Å². The lowest BCUT2D eigenvalue weighted by Crippen LogP contribution is -2.09. The van der Waals surface area contributed by atoms with E-state index in [-0.39, 0.29) is 0 Å². The Bertz CT molecular complexity index is 612. The summed E-state index contributed by atoms with van der Waals surface area (Å²) in [6, 6.07) is 15.4. The van der Waals surface area contributed by atoms with Gasteiger partial charge in [0.1, 0.15) is 0 Å². The van der Waals surface area contributed by atoms with E-state index in [0.717, 1.165) is 17.3 Å². The molecule has 2 aromatic rings. The van der Waals surface area contributed by atoms with E-state index in [4.69, 9.17) is 4.74 Å². The molecule has 0 fully saturated rings. The van der Waals surface area contributed by atoms with Crippen LogP contribution in [0.2, 0.25) is 0 Å². The predicted octanol–water partition coefficient (Wildman–Crippen LogP) is 4.69. The Hall–Kier alpha value is -1.32. The molecule has 0 radical (unpaired) electrons. The number of anilines is 1. The largest absolute Gasteiger partial charge is 0.380 e. The van der Waals surface area contributed by atoms with Gasteiger partial charge in [-0.2, -0.15) is 0 Å². The van der Waals surface area contributed by atoms with Gasteiger partial charge in [0, 0.05) is 22.8 Å². The van der Waals surface area contributed by atoms with Gasteiger partial charge in [0.25, 0.3) is 0 Å². The fourth-order valence-electron chi connectivity index (χ4n) is 2.87. The quantitative estimate of drug-likeness (QED) is 0.877. The van der Waals surface area contributed by atoms with Crippen LogP contribution in [0.25, 0.3) is 0 Å². The SMILES string of the molecule is COCc1ccccc1NC1CCc2cc(Br)ccc21. The second kappa shape index (κ2) is 5.98. The third-order valence-corrected chi connectivity index (χ3v) is 4.32. The molecule has 1 aliphatic rings. The van der Waals surface area contributed by atoms with Crippen molar-refractivity contribution in [2.75, 3.05) is 12.4 Å². The van der Waals surface area contributed by atoms with Crippen LogP contribution in [-0.4, -0.2) is 7.11 Å². The second-order valence-corrected chi connectivity index (χ2v) is 6.08. The summed E-state index contributed by atoms with van der Waals surface area (Å²) in [5.74, 6) is 0. The molecular formula is C17H18BrNO. The highest BCUT2D eigenvalue weighted by atomic mass is 79.9. The summed E-state index contributed by atoms with van der Waals surface area (Å²) < 4.78 is 6.44. The van der Waals surface area contributed by atoms with Gasteiger partial charge >= 0.3 is 0 Å². The summed E-state index contributed by atoms with van der Waals surface area (Å²) >= 11 is 3.55. The lowest BCUT2D eigenvalue weighted by atomic mass is 10.1. The van der Waals surface area contributed by atoms with Gasteiger partial charge in [-0.15, -0.1) is 0 Å². The van der Waals surface area contributed by atoms with Gasteiger partial charge in [-0.1, -0.05) is 40.2 Å². The van der Waals surface area contributed by atoms with E-state index in [9.17, 15) is 0 Å². The molecule has 0 spiro atoms. The molecule has 0 bridgehead atoms. The molecule has 1 atom stereocenters. The molecule has 0 heterocycles. The third kappa shape index (κ3) is 2.74. The van der Waals surface area contributed by atoms with Crippen LogP contribution >= 0.6 is 15.9 Å². The van der Waals surface area contributed by atoms with Crippen LogP contribution in [0.4, 0.5) is 5.69 Å². The monoisotopic (exact) mass is 331 g/mol. The van der Waals surface area contributed by atoms with Crippen molar-refractivity contribution in [2.24, 2.45) is 0 Å². The first-order chi connectivity index (χ1) is 9.78. The van der Waals surface area contributed by atoms with Crippen LogP contribution in [0.5, 0.6) is 0 Å². The Labute approximate surface area is 128 Å². The minimum atomic E-state index is 0.399. The maximum absolute atomic E-state index is 5.27.